The number of hydrazine groups is 1. The highest BCUT2D eigenvalue weighted by molar-refractivity contribution is 5.68. The van der Waals surface area contributed by atoms with E-state index in [1.165, 1.54) is 6.33 Å². The maximum Gasteiger partial charge on any atom is 0.354 e. The molecule has 0 bridgehead atoms. The second kappa shape index (κ2) is 7.14. The second-order valence-corrected chi connectivity index (χ2v) is 5.19. The Morgan fingerprint density at radius 3 is 2.62 bits per heavy atom. The molecule has 0 aliphatic heterocycles. The van der Waals surface area contributed by atoms with Crippen LogP contribution in [-0.2, 0) is 0 Å². The molecule has 1 aromatic rings. The molecule has 0 amide bonds. The largest absolute Gasteiger partial charge is 0.396 e. The van der Waals surface area contributed by atoms with Crippen molar-refractivity contribution < 1.29 is 10.0 Å². The summed E-state index contributed by atoms with van der Waals surface area (Å²) in [5, 5.41) is 23.5. The lowest BCUT2D eigenvalue weighted by atomic mass is 9.79. The predicted molar refractivity (Wildman–Crippen MR) is 77.5 cm³/mol. The van der Waals surface area contributed by atoms with Crippen LogP contribution in [0.5, 0.6) is 0 Å². The Kier molecular flexibility index (Phi) is 5.23. The van der Waals surface area contributed by atoms with Gasteiger partial charge in [-0.2, -0.15) is 0 Å². The van der Waals surface area contributed by atoms with E-state index in [4.69, 9.17) is 5.84 Å². The van der Waals surface area contributed by atoms with Crippen LogP contribution >= 0.6 is 0 Å². The van der Waals surface area contributed by atoms with E-state index in [2.05, 4.69) is 20.7 Å². The van der Waals surface area contributed by atoms with Gasteiger partial charge in [0.1, 0.15) is 6.33 Å². The maximum atomic E-state index is 11.1. The summed E-state index contributed by atoms with van der Waals surface area (Å²) in [6.45, 7) is 0.681. The first-order chi connectivity index (χ1) is 10.2. The number of nitrogens with zero attached hydrogens (tertiary/aromatic N) is 3. The molecule has 9 nitrogen and oxygen atoms in total. The van der Waals surface area contributed by atoms with Gasteiger partial charge in [0, 0.05) is 13.2 Å². The highest BCUT2D eigenvalue weighted by Gasteiger charge is 2.27. The van der Waals surface area contributed by atoms with Crippen molar-refractivity contribution in [1.82, 2.24) is 9.97 Å². The van der Waals surface area contributed by atoms with Crippen LogP contribution in [0.2, 0.25) is 0 Å². The fraction of sp³-hybridized carbons (Fsp3) is 0.667. The van der Waals surface area contributed by atoms with E-state index < -0.39 is 4.92 Å². The Morgan fingerprint density at radius 2 is 2.00 bits per heavy atom. The minimum atomic E-state index is -0.568. The monoisotopic (exact) mass is 296 g/mol. The van der Waals surface area contributed by atoms with Gasteiger partial charge in [-0.3, -0.25) is 10.1 Å². The number of aliphatic hydroxyl groups is 1. The molecule has 1 aromatic heterocycles. The third-order valence-corrected chi connectivity index (χ3v) is 3.97. The van der Waals surface area contributed by atoms with Crippen LogP contribution in [0.1, 0.15) is 25.7 Å². The maximum absolute atomic E-state index is 11.1. The molecule has 2 rings (SSSR count). The molecular weight excluding hydrogens is 276 g/mol. The van der Waals surface area contributed by atoms with Crippen LogP contribution in [0.4, 0.5) is 17.3 Å². The van der Waals surface area contributed by atoms with Gasteiger partial charge in [0.05, 0.1) is 4.92 Å². The zero-order valence-corrected chi connectivity index (χ0v) is 11.7. The first kappa shape index (κ1) is 15.4. The number of hydrogen-bond donors (Lipinski definition) is 4. The van der Waals surface area contributed by atoms with Gasteiger partial charge in [-0.1, -0.05) is 12.8 Å². The molecule has 0 aromatic carbocycles. The first-order valence-corrected chi connectivity index (χ1v) is 6.98. The standard InChI is InChI=1S/C12H20N6O3/c13-17-12-10(18(20)21)11(15-7-16-12)14-5-8-3-1-2-4-9(8)6-19/h7-9,19H,1-6,13H2,(H2,14,15,16,17). The van der Waals surface area contributed by atoms with Gasteiger partial charge in [0.2, 0.25) is 11.6 Å². The van der Waals surface area contributed by atoms with Crippen LogP contribution in [-0.4, -0.2) is 33.1 Å². The number of aromatic nitrogens is 2. The molecule has 2 atom stereocenters. The first-order valence-electron chi connectivity index (χ1n) is 6.98. The van der Waals surface area contributed by atoms with E-state index in [9.17, 15) is 15.2 Å². The van der Waals surface area contributed by atoms with Gasteiger partial charge in [-0.25, -0.2) is 15.8 Å². The molecule has 0 saturated heterocycles. The lowest BCUT2D eigenvalue weighted by Gasteiger charge is -2.30. The van der Waals surface area contributed by atoms with Crippen molar-refractivity contribution in [3.05, 3.63) is 16.4 Å². The Hall–Kier alpha value is -2.00. The summed E-state index contributed by atoms with van der Waals surface area (Å²) in [5.74, 6) is 5.87. The molecule has 2 unspecified atom stereocenters. The molecule has 0 spiro atoms. The highest BCUT2D eigenvalue weighted by atomic mass is 16.6. The van der Waals surface area contributed by atoms with Crippen LogP contribution in [0, 0.1) is 22.0 Å². The van der Waals surface area contributed by atoms with E-state index in [0.29, 0.717) is 6.54 Å². The van der Waals surface area contributed by atoms with Gasteiger partial charge < -0.3 is 15.8 Å². The minimum Gasteiger partial charge on any atom is -0.396 e. The van der Waals surface area contributed by atoms with Gasteiger partial charge in [0.25, 0.3) is 0 Å². The van der Waals surface area contributed by atoms with Gasteiger partial charge in [-0.15, -0.1) is 0 Å². The number of nitrogen functional groups attached to an aromatic ring is 1. The van der Waals surface area contributed by atoms with Crippen LogP contribution in [0.15, 0.2) is 6.33 Å². The highest BCUT2D eigenvalue weighted by Crippen LogP contribution is 2.32. The van der Waals surface area contributed by atoms with Crippen molar-refractivity contribution in [2.75, 3.05) is 23.9 Å². The normalized spacial score (nSPS) is 21.8. The van der Waals surface area contributed by atoms with Gasteiger partial charge in [0.15, 0.2) is 0 Å². The van der Waals surface area contributed by atoms with Gasteiger partial charge >= 0.3 is 5.69 Å². The van der Waals surface area contributed by atoms with E-state index in [0.717, 1.165) is 25.7 Å². The Morgan fingerprint density at radius 1 is 1.33 bits per heavy atom. The van der Waals surface area contributed by atoms with Crippen molar-refractivity contribution >= 4 is 17.3 Å². The Bertz CT molecular complexity index is 498. The topological polar surface area (TPSA) is 139 Å². The molecule has 1 aliphatic carbocycles. The lowest BCUT2D eigenvalue weighted by molar-refractivity contribution is -0.383. The molecule has 116 valence electrons. The summed E-state index contributed by atoms with van der Waals surface area (Å²) in [6, 6.07) is 0. The third-order valence-electron chi connectivity index (χ3n) is 3.97. The number of anilines is 2. The zero-order valence-electron chi connectivity index (χ0n) is 11.7. The average molecular weight is 296 g/mol. The number of nitrogens with one attached hydrogen (secondary N) is 2. The van der Waals surface area contributed by atoms with Crippen LogP contribution < -0.4 is 16.6 Å². The number of nitro groups is 1. The van der Waals surface area contributed by atoms with E-state index >= 15 is 0 Å². The van der Waals surface area contributed by atoms with Crippen molar-refractivity contribution in [3.63, 3.8) is 0 Å². The smallest absolute Gasteiger partial charge is 0.354 e. The van der Waals surface area contributed by atoms with E-state index in [-0.39, 0.29) is 35.8 Å². The van der Waals surface area contributed by atoms with Crippen molar-refractivity contribution in [2.24, 2.45) is 17.7 Å². The molecular formula is C12H20N6O3. The molecule has 1 saturated carbocycles. The van der Waals surface area contributed by atoms with E-state index in [1.807, 2.05) is 0 Å². The zero-order chi connectivity index (χ0) is 15.2. The summed E-state index contributed by atoms with van der Waals surface area (Å²) in [5.41, 5.74) is 1.94. The summed E-state index contributed by atoms with van der Waals surface area (Å²) in [4.78, 5) is 18.2. The van der Waals surface area contributed by atoms with Gasteiger partial charge in [-0.05, 0) is 24.7 Å². The van der Waals surface area contributed by atoms with Crippen LogP contribution in [0.3, 0.4) is 0 Å². The fourth-order valence-electron chi connectivity index (χ4n) is 2.81. The average Bonchev–Trinajstić information content (AvgIpc) is 2.52. The Balaban J connectivity index is 2.10. The van der Waals surface area contributed by atoms with Crippen LogP contribution in [0.25, 0.3) is 0 Å². The van der Waals surface area contributed by atoms with Crippen molar-refractivity contribution in [2.45, 2.75) is 25.7 Å². The molecule has 9 heteroatoms. The molecule has 1 fully saturated rings. The minimum absolute atomic E-state index is 0.0279. The number of nitrogens with two attached hydrogens (primary N) is 1. The quantitative estimate of drug-likeness (QED) is 0.344. The Labute approximate surface area is 122 Å². The predicted octanol–water partition coefficient (Wildman–Crippen LogP) is 0.881. The third kappa shape index (κ3) is 3.56. The van der Waals surface area contributed by atoms with E-state index in [1.54, 1.807) is 0 Å². The number of aliphatic hydroxyl groups excluding tert-OH is 1. The lowest BCUT2D eigenvalue weighted by Crippen LogP contribution is -2.29. The number of hydrogen-bond acceptors (Lipinski definition) is 8. The van der Waals surface area contributed by atoms with Crippen molar-refractivity contribution in [1.29, 1.82) is 0 Å². The molecule has 21 heavy (non-hydrogen) atoms. The summed E-state index contributed by atoms with van der Waals surface area (Å²) < 4.78 is 0. The molecule has 0 radical (unpaired) electrons. The summed E-state index contributed by atoms with van der Waals surface area (Å²) in [7, 11) is 0. The molecule has 1 heterocycles. The number of rotatable bonds is 6. The fourth-order valence-corrected chi connectivity index (χ4v) is 2.81. The van der Waals surface area contributed by atoms with Crippen molar-refractivity contribution in [3.8, 4) is 0 Å². The second-order valence-electron chi connectivity index (χ2n) is 5.19. The summed E-state index contributed by atoms with van der Waals surface area (Å²) in [6.07, 6.45) is 5.44. The SMILES string of the molecule is NNc1ncnc(NCC2CCCCC2CO)c1[N+](=O)[O-]. The molecule has 1 aliphatic rings. The summed E-state index contributed by atoms with van der Waals surface area (Å²) >= 11 is 0. The molecule has 5 N–H and O–H groups in total.